The van der Waals surface area contributed by atoms with Gasteiger partial charge in [0.05, 0.1) is 6.54 Å². The van der Waals surface area contributed by atoms with E-state index in [4.69, 9.17) is 0 Å². The molecule has 2 N–H and O–H groups in total. The maximum Gasteiger partial charge on any atom is 0.272 e. The van der Waals surface area contributed by atoms with Gasteiger partial charge in [-0.1, -0.05) is 6.92 Å². The largest absolute Gasteiger partial charge is 0.369 e. The Labute approximate surface area is 128 Å². The maximum atomic E-state index is 12.0. The summed E-state index contributed by atoms with van der Waals surface area (Å²) in [6, 6.07) is 5.56. The highest BCUT2D eigenvalue weighted by atomic mass is 32.1. The fraction of sp³-hybridized carbons (Fsp3) is 0.400. The summed E-state index contributed by atoms with van der Waals surface area (Å²) >= 11 is 1.70. The normalized spacial score (nSPS) is 10.4. The number of aromatic nitrogens is 2. The van der Waals surface area contributed by atoms with E-state index >= 15 is 0 Å². The molecule has 21 heavy (non-hydrogen) atoms. The molecule has 0 aliphatic rings. The Balaban J connectivity index is 1.90. The predicted octanol–water partition coefficient (Wildman–Crippen LogP) is 2.91. The van der Waals surface area contributed by atoms with E-state index in [1.54, 1.807) is 23.5 Å². The van der Waals surface area contributed by atoms with Crippen LogP contribution in [-0.4, -0.2) is 22.6 Å². The first-order valence-electron chi connectivity index (χ1n) is 7.02. The second kappa shape index (κ2) is 7.17. The number of thiophene rings is 1. The summed E-state index contributed by atoms with van der Waals surface area (Å²) in [4.78, 5) is 14.4. The van der Waals surface area contributed by atoms with E-state index < -0.39 is 0 Å². The molecule has 0 saturated heterocycles. The van der Waals surface area contributed by atoms with Crippen LogP contribution in [0.1, 0.15) is 39.2 Å². The molecule has 5 nitrogen and oxygen atoms in total. The molecule has 6 heteroatoms. The predicted molar refractivity (Wildman–Crippen MR) is 85.8 cm³/mol. The Morgan fingerprint density at radius 1 is 1.29 bits per heavy atom. The van der Waals surface area contributed by atoms with Gasteiger partial charge >= 0.3 is 0 Å². The van der Waals surface area contributed by atoms with Crippen molar-refractivity contribution >= 4 is 23.1 Å². The zero-order chi connectivity index (χ0) is 15.2. The quantitative estimate of drug-likeness (QED) is 0.861. The first kappa shape index (κ1) is 15.4. The van der Waals surface area contributed by atoms with Crippen LogP contribution in [0.4, 0.5) is 5.82 Å². The van der Waals surface area contributed by atoms with Crippen LogP contribution in [-0.2, 0) is 6.54 Å². The van der Waals surface area contributed by atoms with Crippen molar-refractivity contribution in [1.82, 2.24) is 15.5 Å². The second-order valence-corrected chi connectivity index (χ2v) is 6.21. The third kappa shape index (κ3) is 4.26. The van der Waals surface area contributed by atoms with Crippen molar-refractivity contribution in [3.63, 3.8) is 0 Å². The molecule has 0 aliphatic carbocycles. The van der Waals surface area contributed by atoms with Crippen LogP contribution >= 0.6 is 11.3 Å². The van der Waals surface area contributed by atoms with Gasteiger partial charge in [0, 0.05) is 16.3 Å². The van der Waals surface area contributed by atoms with E-state index in [1.165, 1.54) is 10.4 Å². The molecule has 0 spiro atoms. The summed E-state index contributed by atoms with van der Waals surface area (Å²) in [5.74, 6) is 0.492. The Bertz CT molecular complexity index is 587. The molecule has 2 aromatic rings. The lowest BCUT2D eigenvalue weighted by Crippen LogP contribution is -2.23. The summed E-state index contributed by atoms with van der Waals surface area (Å²) in [5, 5.41) is 13.9. The Hall–Kier alpha value is -1.95. The summed E-state index contributed by atoms with van der Waals surface area (Å²) in [6.07, 6.45) is 1.02. The highest BCUT2D eigenvalue weighted by molar-refractivity contribution is 7.12. The van der Waals surface area contributed by atoms with Crippen molar-refractivity contribution in [3.8, 4) is 0 Å². The highest BCUT2D eigenvalue weighted by Crippen LogP contribution is 2.20. The van der Waals surface area contributed by atoms with Crippen molar-refractivity contribution in [2.45, 2.75) is 33.7 Å². The fourth-order valence-corrected chi connectivity index (χ4v) is 2.79. The van der Waals surface area contributed by atoms with Crippen molar-refractivity contribution in [1.29, 1.82) is 0 Å². The molecule has 0 bridgehead atoms. The lowest BCUT2D eigenvalue weighted by Gasteiger charge is -2.05. The Kier molecular flexibility index (Phi) is 5.27. The minimum atomic E-state index is -0.201. The van der Waals surface area contributed by atoms with Gasteiger partial charge in [-0.25, -0.2) is 0 Å². The minimum absolute atomic E-state index is 0.201. The van der Waals surface area contributed by atoms with Gasteiger partial charge in [-0.3, -0.25) is 4.79 Å². The number of rotatable bonds is 6. The summed E-state index contributed by atoms with van der Waals surface area (Å²) < 4.78 is 0. The van der Waals surface area contributed by atoms with Crippen LogP contribution in [0.5, 0.6) is 0 Å². The lowest BCUT2D eigenvalue weighted by molar-refractivity contribution is 0.0945. The van der Waals surface area contributed by atoms with Gasteiger partial charge in [0.1, 0.15) is 5.82 Å². The molecule has 2 aromatic heterocycles. The summed E-state index contributed by atoms with van der Waals surface area (Å²) in [5.41, 5.74) is 1.59. The number of carbonyl (C=O) groups excluding carboxylic acids is 1. The number of hydrogen-bond acceptors (Lipinski definition) is 5. The van der Waals surface area contributed by atoms with Crippen molar-refractivity contribution < 1.29 is 4.79 Å². The number of amides is 1. The zero-order valence-corrected chi connectivity index (χ0v) is 13.4. The third-order valence-electron chi connectivity index (χ3n) is 3.09. The van der Waals surface area contributed by atoms with Gasteiger partial charge in [0.25, 0.3) is 5.91 Å². The van der Waals surface area contributed by atoms with Crippen molar-refractivity contribution in [3.05, 3.63) is 39.2 Å². The lowest BCUT2D eigenvalue weighted by atomic mass is 10.3. The molecular weight excluding hydrogens is 284 g/mol. The van der Waals surface area contributed by atoms with Crippen LogP contribution in [0.25, 0.3) is 0 Å². The molecule has 0 atom stereocenters. The number of carbonyl (C=O) groups is 1. The van der Waals surface area contributed by atoms with E-state index in [0.29, 0.717) is 18.1 Å². The van der Waals surface area contributed by atoms with Gasteiger partial charge in [-0.2, -0.15) is 0 Å². The molecule has 1 amide bonds. The number of hydrogen-bond donors (Lipinski definition) is 2. The standard InChI is InChI=1S/C15H20N4OS/c1-4-7-16-14-6-5-13(18-19-14)15(20)17-9-12-8-10(2)11(3)21-12/h5-6,8H,4,7,9H2,1-3H3,(H,16,19)(H,17,20). The molecule has 0 unspecified atom stereocenters. The van der Waals surface area contributed by atoms with E-state index in [-0.39, 0.29) is 5.91 Å². The summed E-state index contributed by atoms with van der Waals surface area (Å²) in [6.45, 7) is 7.60. The van der Waals surface area contributed by atoms with Gasteiger partial charge in [0.2, 0.25) is 0 Å². The smallest absolute Gasteiger partial charge is 0.272 e. The molecule has 0 fully saturated rings. The topological polar surface area (TPSA) is 66.9 Å². The van der Waals surface area contributed by atoms with E-state index in [0.717, 1.165) is 17.8 Å². The number of anilines is 1. The number of nitrogens with one attached hydrogen (secondary N) is 2. The van der Waals surface area contributed by atoms with E-state index in [1.807, 2.05) is 0 Å². The molecule has 0 aromatic carbocycles. The van der Waals surface area contributed by atoms with Crippen LogP contribution < -0.4 is 10.6 Å². The van der Waals surface area contributed by atoms with Crippen LogP contribution in [0.15, 0.2) is 18.2 Å². The number of nitrogens with zero attached hydrogens (tertiary/aromatic N) is 2. The molecular formula is C15H20N4OS. The maximum absolute atomic E-state index is 12.0. The molecule has 2 heterocycles. The molecule has 2 rings (SSSR count). The van der Waals surface area contributed by atoms with Crippen LogP contribution in [0.2, 0.25) is 0 Å². The van der Waals surface area contributed by atoms with E-state index in [2.05, 4.69) is 47.7 Å². The Morgan fingerprint density at radius 2 is 2.10 bits per heavy atom. The average molecular weight is 304 g/mol. The van der Waals surface area contributed by atoms with Crippen LogP contribution in [0, 0.1) is 13.8 Å². The summed E-state index contributed by atoms with van der Waals surface area (Å²) in [7, 11) is 0. The number of aryl methyl sites for hydroxylation is 2. The Morgan fingerprint density at radius 3 is 2.67 bits per heavy atom. The second-order valence-electron chi connectivity index (χ2n) is 4.87. The molecule has 0 radical (unpaired) electrons. The first-order chi connectivity index (χ1) is 10.1. The van der Waals surface area contributed by atoms with E-state index in [9.17, 15) is 4.79 Å². The molecule has 0 saturated carbocycles. The van der Waals surface area contributed by atoms with Gasteiger partial charge < -0.3 is 10.6 Å². The highest BCUT2D eigenvalue weighted by Gasteiger charge is 2.09. The monoisotopic (exact) mass is 304 g/mol. The average Bonchev–Trinajstić information content (AvgIpc) is 2.82. The third-order valence-corrected chi connectivity index (χ3v) is 4.25. The van der Waals surface area contributed by atoms with Gasteiger partial charge in [0.15, 0.2) is 5.69 Å². The van der Waals surface area contributed by atoms with Crippen LogP contribution in [0.3, 0.4) is 0 Å². The van der Waals surface area contributed by atoms with Gasteiger partial charge in [-0.15, -0.1) is 21.5 Å². The van der Waals surface area contributed by atoms with Crippen molar-refractivity contribution in [2.75, 3.05) is 11.9 Å². The first-order valence-corrected chi connectivity index (χ1v) is 7.83. The van der Waals surface area contributed by atoms with Gasteiger partial charge in [-0.05, 0) is 44.0 Å². The van der Waals surface area contributed by atoms with Crippen molar-refractivity contribution in [2.24, 2.45) is 0 Å². The fourth-order valence-electron chi connectivity index (χ4n) is 1.80. The molecule has 0 aliphatic heterocycles. The molecule has 112 valence electrons. The minimum Gasteiger partial charge on any atom is -0.369 e. The zero-order valence-electron chi connectivity index (χ0n) is 12.6. The SMILES string of the molecule is CCCNc1ccc(C(=O)NCc2cc(C)c(C)s2)nn1.